The maximum absolute atomic E-state index is 10.3. The Labute approximate surface area is 86.8 Å². The third kappa shape index (κ3) is 15.7. The molecule has 0 aromatic rings. The molecule has 0 atom stereocenters. The summed E-state index contributed by atoms with van der Waals surface area (Å²) in [5.74, 6) is 0. The number of halogens is 1. The Hall–Kier alpha value is 1.78. The van der Waals surface area contributed by atoms with Gasteiger partial charge in [0.1, 0.15) is 0 Å². The van der Waals surface area contributed by atoms with Gasteiger partial charge in [0.15, 0.2) is 17.4 Å². The van der Waals surface area contributed by atoms with Crippen LogP contribution in [-0.4, -0.2) is 78.5 Å². The molecule has 0 aliphatic heterocycles. The van der Waals surface area contributed by atoms with E-state index in [2.05, 4.69) is 4.63 Å². The second-order valence-corrected chi connectivity index (χ2v) is 1.95. The molecule has 0 spiro atoms. The molecule has 0 aromatic carbocycles. The van der Waals surface area contributed by atoms with E-state index >= 15 is 0 Å². The van der Waals surface area contributed by atoms with Gasteiger partial charge in [-0.1, -0.05) is 4.53 Å². The monoisotopic (exact) mass is 186 g/mol. The molecule has 0 unspecified atom stereocenters. The molecule has 8 heteroatoms. The van der Waals surface area contributed by atoms with E-state index in [0.29, 0.717) is 0 Å². The first kappa shape index (κ1) is 16.4. The SMILES string of the molecule is O[Si](O)(O)OF.[AlH3].[CaH2]. The molecule has 0 aromatic heterocycles. The molecule has 3 N–H and O–H groups in total. The Balaban J connectivity index is -0.000000125. The first-order valence-electron chi connectivity index (χ1n) is 1.03. The van der Waals surface area contributed by atoms with Gasteiger partial charge in [0.25, 0.3) is 0 Å². The van der Waals surface area contributed by atoms with Crippen molar-refractivity contribution in [2.24, 2.45) is 0 Å². The van der Waals surface area contributed by atoms with Crippen LogP contribution in [0.15, 0.2) is 0 Å². The van der Waals surface area contributed by atoms with Gasteiger partial charge < -0.3 is 14.4 Å². The molecule has 0 aliphatic carbocycles. The average molecular weight is 186 g/mol. The van der Waals surface area contributed by atoms with Gasteiger partial charge in [-0.25, -0.2) is 0 Å². The van der Waals surface area contributed by atoms with Gasteiger partial charge in [-0.2, -0.15) is 4.63 Å². The van der Waals surface area contributed by atoms with Crippen LogP contribution in [-0.2, 0) is 4.63 Å². The Kier molecular flexibility index (Phi) is 14.1. The molecule has 8 heavy (non-hydrogen) atoms. The van der Waals surface area contributed by atoms with E-state index in [1.54, 1.807) is 0 Å². The predicted molar refractivity (Wildman–Crippen MR) is 33.1 cm³/mol. The van der Waals surface area contributed by atoms with Crippen molar-refractivity contribution in [1.29, 1.82) is 0 Å². The Morgan fingerprint density at radius 1 is 1.25 bits per heavy atom. The van der Waals surface area contributed by atoms with Gasteiger partial charge in [0, 0.05) is 0 Å². The van der Waals surface area contributed by atoms with Crippen LogP contribution in [0.4, 0.5) is 4.53 Å². The number of hydrogen-bond donors (Lipinski definition) is 3. The standard InChI is InChI=1S/Al.Ca.FH3O4Si.5H/c;;1-5-6(2,3)4;;;;;/h;;2-4H;;;;;. The fraction of sp³-hybridized carbons (Fsp3) is 0. The zero-order valence-electron chi connectivity index (χ0n) is 2.63. The normalized spacial score (nSPS) is 9.00. The summed E-state index contributed by atoms with van der Waals surface area (Å²) >= 11 is 0. The number of hydrogen-bond acceptors (Lipinski definition) is 4. The van der Waals surface area contributed by atoms with Crippen molar-refractivity contribution in [2.45, 2.75) is 0 Å². The minimum absolute atomic E-state index is 0. The van der Waals surface area contributed by atoms with Crippen LogP contribution >= 0.6 is 0 Å². The van der Waals surface area contributed by atoms with Crippen LogP contribution < -0.4 is 0 Å². The topological polar surface area (TPSA) is 69.9 Å². The second-order valence-electron chi connectivity index (χ2n) is 0.651. The van der Waals surface area contributed by atoms with Crippen LogP contribution in [0, 0.1) is 0 Å². The summed E-state index contributed by atoms with van der Waals surface area (Å²) in [7, 11) is -4.80. The fourth-order valence-electron chi connectivity index (χ4n) is 0. The Morgan fingerprint density at radius 2 is 1.38 bits per heavy atom. The zero-order valence-corrected chi connectivity index (χ0v) is 3.63. The third-order valence-corrected chi connectivity index (χ3v) is 0.311. The van der Waals surface area contributed by atoms with E-state index in [9.17, 15) is 4.53 Å². The molecule has 0 fully saturated rings. The first-order valence-corrected chi connectivity index (χ1v) is 2.78. The Bertz CT molecular complexity index is 45.8. The van der Waals surface area contributed by atoms with Crippen LogP contribution in [0.5, 0.6) is 0 Å². The van der Waals surface area contributed by atoms with E-state index < -0.39 is 9.05 Å². The second kappa shape index (κ2) is 6.89. The molecule has 0 aliphatic rings. The molecule has 0 saturated heterocycles. The van der Waals surface area contributed by atoms with Crippen molar-refractivity contribution in [3.05, 3.63) is 0 Å². The maximum atomic E-state index is 10.3. The van der Waals surface area contributed by atoms with E-state index in [0.717, 1.165) is 0 Å². The van der Waals surface area contributed by atoms with Crippen molar-refractivity contribution >= 4 is 64.1 Å². The predicted octanol–water partition coefficient (Wildman–Crippen LogP) is -3.80. The summed E-state index contributed by atoms with van der Waals surface area (Å²) in [6.45, 7) is 0. The van der Waals surface area contributed by atoms with Gasteiger partial charge in [-0.3, -0.25) is 0 Å². The zero-order chi connectivity index (χ0) is 5.21. The summed E-state index contributed by atoms with van der Waals surface area (Å²) < 4.78 is 12.6. The Morgan fingerprint density at radius 3 is 1.38 bits per heavy atom. The van der Waals surface area contributed by atoms with Gasteiger partial charge in [0.2, 0.25) is 0 Å². The molecule has 0 radical (unpaired) electrons. The van der Waals surface area contributed by atoms with Crippen LogP contribution in [0.25, 0.3) is 0 Å². The number of rotatable bonds is 1. The molecule has 48 valence electrons. The van der Waals surface area contributed by atoms with Gasteiger partial charge in [0.05, 0.1) is 0 Å². The van der Waals surface area contributed by atoms with Crippen LogP contribution in [0.1, 0.15) is 0 Å². The fourth-order valence-corrected chi connectivity index (χ4v) is 0. The molecule has 0 rings (SSSR count). The summed E-state index contributed by atoms with van der Waals surface area (Å²) in [5, 5.41) is 0. The van der Waals surface area contributed by atoms with Gasteiger partial charge >= 0.3 is 46.8 Å². The van der Waals surface area contributed by atoms with Crippen molar-refractivity contribution in [2.75, 3.05) is 0 Å². The van der Waals surface area contributed by atoms with E-state index in [-0.39, 0.29) is 55.1 Å². The molecule has 0 bridgehead atoms. The van der Waals surface area contributed by atoms with Gasteiger partial charge in [-0.15, -0.1) is 0 Å². The molecular formula is H8AlCaFO4Si. The van der Waals surface area contributed by atoms with Crippen molar-refractivity contribution in [3.8, 4) is 0 Å². The molecule has 0 heterocycles. The minimum atomic E-state index is -4.80. The summed E-state index contributed by atoms with van der Waals surface area (Å²) in [5.41, 5.74) is 0. The first-order chi connectivity index (χ1) is 2.56. The third-order valence-electron chi connectivity index (χ3n) is 0.104. The van der Waals surface area contributed by atoms with E-state index in [4.69, 9.17) is 14.4 Å². The van der Waals surface area contributed by atoms with Crippen LogP contribution in [0.3, 0.4) is 0 Å². The van der Waals surface area contributed by atoms with Gasteiger partial charge in [-0.05, 0) is 0 Å². The molecular weight excluding hydrogens is 178 g/mol. The summed E-state index contributed by atoms with van der Waals surface area (Å²) in [6.07, 6.45) is 0. The molecule has 0 saturated carbocycles. The summed E-state index contributed by atoms with van der Waals surface area (Å²) in [6, 6.07) is 0. The molecule has 0 amide bonds. The van der Waals surface area contributed by atoms with E-state index in [1.165, 1.54) is 0 Å². The average Bonchev–Trinajstić information content (AvgIpc) is 1.35. The molecule has 4 nitrogen and oxygen atoms in total. The van der Waals surface area contributed by atoms with Crippen molar-refractivity contribution in [1.82, 2.24) is 0 Å². The van der Waals surface area contributed by atoms with Crippen molar-refractivity contribution in [3.63, 3.8) is 0 Å². The quantitative estimate of drug-likeness (QED) is 0.367. The van der Waals surface area contributed by atoms with Crippen LogP contribution in [0.2, 0.25) is 0 Å². The van der Waals surface area contributed by atoms with Crippen molar-refractivity contribution < 1.29 is 23.5 Å². The van der Waals surface area contributed by atoms with E-state index in [1.807, 2.05) is 0 Å². The summed E-state index contributed by atoms with van der Waals surface area (Å²) in [4.78, 5) is 22.4.